The van der Waals surface area contributed by atoms with Gasteiger partial charge in [0.1, 0.15) is 11.6 Å². The zero-order valence-corrected chi connectivity index (χ0v) is 14.0. The number of para-hydroxylation sites is 1. The van der Waals surface area contributed by atoms with Crippen LogP contribution in [0.3, 0.4) is 0 Å². The van der Waals surface area contributed by atoms with Gasteiger partial charge in [0.2, 0.25) is 0 Å². The lowest BCUT2D eigenvalue weighted by molar-refractivity contribution is 0.0921. The van der Waals surface area contributed by atoms with Crippen molar-refractivity contribution in [2.45, 2.75) is 38.8 Å². The van der Waals surface area contributed by atoms with E-state index in [0.29, 0.717) is 12.2 Å². The van der Waals surface area contributed by atoms with Crippen LogP contribution in [0, 0.1) is 0 Å². The van der Waals surface area contributed by atoms with E-state index in [0.717, 1.165) is 36.6 Å². The van der Waals surface area contributed by atoms with Crippen LogP contribution in [-0.2, 0) is 19.4 Å². The topological polar surface area (TPSA) is 90.5 Å². The third-order valence-electron chi connectivity index (χ3n) is 4.39. The van der Waals surface area contributed by atoms with Gasteiger partial charge in [-0.2, -0.15) is 9.90 Å². The van der Waals surface area contributed by atoms with Crippen LogP contribution in [0.2, 0.25) is 0 Å². The van der Waals surface area contributed by atoms with Crippen LogP contribution in [0.4, 0.5) is 0 Å². The summed E-state index contributed by atoms with van der Waals surface area (Å²) >= 11 is 0. The van der Waals surface area contributed by atoms with Crippen molar-refractivity contribution in [3.8, 4) is 5.69 Å². The van der Waals surface area contributed by atoms with Crippen molar-refractivity contribution in [2.75, 3.05) is 0 Å². The van der Waals surface area contributed by atoms with E-state index in [1.165, 1.54) is 11.0 Å². The molecule has 1 atom stereocenters. The number of carbonyl (C=O) groups is 1. The van der Waals surface area contributed by atoms with Gasteiger partial charge in [-0.3, -0.25) is 4.79 Å². The zero-order chi connectivity index (χ0) is 17.2. The molecule has 0 radical (unpaired) electrons. The van der Waals surface area contributed by atoms with Crippen molar-refractivity contribution in [1.82, 2.24) is 35.1 Å². The zero-order valence-electron chi connectivity index (χ0n) is 14.0. The Bertz CT molecular complexity index is 870. The number of nitrogens with one attached hydrogen (secondary N) is 1. The van der Waals surface area contributed by atoms with Crippen LogP contribution in [0.15, 0.2) is 36.5 Å². The number of amides is 1. The largest absolute Gasteiger partial charge is 0.346 e. The Hall–Kier alpha value is -3.03. The van der Waals surface area contributed by atoms with E-state index in [1.807, 2.05) is 30.3 Å². The molecule has 25 heavy (non-hydrogen) atoms. The van der Waals surface area contributed by atoms with Gasteiger partial charge < -0.3 is 9.88 Å². The van der Waals surface area contributed by atoms with Crippen molar-refractivity contribution >= 4 is 5.91 Å². The number of aromatic nitrogens is 6. The van der Waals surface area contributed by atoms with Crippen molar-refractivity contribution in [3.05, 3.63) is 53.9 Å². The molecule has 128 valence electrons. The van der Waals surface area contributed by atoms with Crippen molar-refractivity contribution in [1.29, 1.82) is 0 Å². The minimum atomic E-state index is -0.207. The Balaban J connectivity index is 1.45. The lowest BCUT2D eigenvalue weighted by Gasteiger charge is -2.24. The highest BCUT2D eigenvalue weighted by Gasteiger charge is 2.24. The molecule has 0 saturated heterocycles. The second-order valence-corrected chi connectivity index (χ2v) is 6.06. The highest BCUT2D eigenvalue weighted by Crippen LogP contribution is 2.16. The molecule has 1 aromatic carbocycles. The summed E-state index contributed by atoms with van der Waals surface area (Å²) in [5.74, 6) is 1.75. The molecule has 1 aliphatic heterocycles. The molecule has 3 aromatic rings. The molecule has 0 unspecified atom stereocenters. The van der Waals surface area contributed by atoms with Crippen molar-refractivity contribution in [3.63, 3.8) is 0 Å². The summed E-state index contributed by atoms with van der Waals surface area (Å²) < 4.78 is 2.11. The van der Waals surface area contributed by atoms with E-state index >= 15 is 0 Å². The number of fused-ring (bicyclic) bond motifs is 1. The first-order chi connectivity index (χ1) is 12.2. The normalized spacial score (nSPS) is 16.4. The fraction of sp³-hybridized carbons (Fsp3) is 0.353. The molecule has 0 bridgehead atoms. The first-order valence-electron chi connectivity index (χ1n) is 8.44. The predicted molar refractivity (Wildman–Crippen MR) is 90.3 cm³/mol. The minimum Gasteiger partial charge on any atom is -0.346 e. The second kappa shape index (κ2) is 6.46. The molecule has 0 aliphatic carbocycles. The van der Waals surface area contributed by atoms with Gasteiger partial charge >= 0.3 is 0 Å². The summed E-state index contributed by atoms with van der Waals surface area (Å²) in [6, 6.07) is 9.56. The standard InChI is InChI=1S/C17H19N7O/c1-2-15-20-21-16-9-8-12(11-23(15)16)19-17(25)14-10-18-24(22-14)13-6-4-3-5-7-13/h3-7,10,12H,2,8-9,11H2,1H3,(H,19,25)/t12-/m1/s1. The highest BCUT2D eigenvalue weighted by molar-refractivity contribution is 5.92. The molecule has 8 heteroatoms. The number of nitrogens with zero attached hydrogens (tertiary/aromatic N) is 6. The van der Waals surface area contributed by atoms with E-state index in [-0.39, 0.29) is 11.9 Å². The molecule has 8 nitrogen and oxygen atoms in total. The molecule has 1 N–H and O–H groups in total. The summed E-state index contributed by atoms with van der Waals surface area (Å²) in [7, 11) is 0. The van der Waals surface area contributed by atoms with Crippen LogP contribution in [0.25, 0.3) is 5.69 Å². The first-order valence-corrected chi connectivity index (χ1v) is 8.44. The molecule has 2 aromatic heterocycles. The predicted octanol–water partition coefficient (Wildman–Crippen LogP) is 1.17. The Labute approximate surface area is 144 Å². The van der Waals surface area contributed by atoms with Crippen LogP contribution < -0.4 is 5.32 Å². The number of benzene rings is 1. The average molecular weight is 337 g/mol. The van der Waals surface area contributed by atoms with E-state index in [1.54, 1.807) is 0 Å². The van der Waals surface area contributed by atoms with Gasteiger partial charge in [-0.15, -0.1) is 15.3 Å². The van der Waals surface area contributed by atoms with Crippen LogP contribution >= 0.6 is 0 Å². The molecular formula is C17H19N7O. The molecule has 0 fully saturated rings. The van der Waals surface area contributed by atoms with Crippen molar-refractivity contribution < 1.29 is 4.79 Å². The molecule has 4 rings (SSSR count). The molecule has 0 spiro atoms. The minimum absolute atomic E-state index is 0.0446. The third-order valence-corrected chi connectivity index (χ3v) is 4.39. The number of aryl methyl sites for hydroxylation is 2. The quantitative estimate of drug-likeness (QED) is 0.772. The van der Waals surface area contributed by atoms with E-state index in [4.69, 9.17) is 0 Å². The number of carbonyl (C=O) groups excluding carboxylic acids is 1. The van der Waals surface area contributed by atoms with E-state index < -0.39 is 0 Å². The Morgan fingerprint density at radius 1 is 1.28 bits per heavy atom. The summed E-state index contributed by atoms with van der Waals surface area (Å²) in [6.07, 6.45) is 3.99. The smallest absolute Gasteiger partial charge is 0.273 e. The Morgan fingerprint density at radius 3 is 2.92 bits per heavy atom. The highest BCUT2D eigenvalue weighted by atomic mass is 16.2. The summed E-state index contributed by atoms with van der Waals surface area (Å²) in [5, 5.41) is 19.9. The number of hydrogen-bond acceptors (Lipinski definition) is 5. The van der Waals surface area contributed by atoms with Crippen LogP contribution in [0.5, 0.6) is 0 Å². The van der Waals surface area contributed by atoms with Gasteiger partial charge in [0.15, 0.2) is 5.69 Å². The molecule has 0 saturated carbocycles. The second-order valence-electron chi connectivity index (χ2n) is 6.06. The van der Waals surface area contributed by atoms with Gasteiger partial charge in [-0.05, 0) is 18.6 Å². The van der Waals surface area contributed by atoms with Gasteiger partial charge in [0.05, 0.1) is 11.9 Å². The van der Waals surface area contributed by atoms with Gasteiger partial charge in [-0.1, -0.05) is 25.1 Å². The Morgan fingerprint density at radius 2 is 2.12 bits per heavy atom. The summed E-state index contributed by atoms with van der Waals surface area (Å²) in [5.41, 5.74) is 1.13. The monoisotopic (exact) mass is 337 g/mol. The maximum atomic E-state index is 12.5. The molecular weight excluding hydrogens is 318 g/mol. The molecule has 1 aliphatic rings. The van der Waals surface area contributed by atoms with Crippen LogP contribution in [-0.4, -0.2) is 41.7 Å². The maximum absolute atomic E-state index is 12.5. The fourth-order valence-corrected chi connectivity index (χ4v) is 3.07. The third kappa shape index (κ3) is 3.02. The number of hydrogen-bond donors (Lipinski definition) is 1. The van der Waals surface area contributed by atoms with E-state index in [2.05, 4.69) is 37.2 Å². The average Bonchev–Trinajstić information content (AvgIpc) is 3.29. The maximum Gasteiger partial charge on any atom is 0.273 e. The van der Waals surface area contributed by atoms with Crippen LogP contribution in [0.1, 0.15) is 35.5 Å². The summed E-state index contributed by atoms with van der Waals surface area (Å²) in [4.78, 5) is 14.0. The Kier molecular flexibility index (Phi) is 4.01. The number of rotatable bonds is 4. The molecule has 3 heterocycles. The van der Waals surface area contributed by atoms with Crippen molar-refractivity contribution in [2.24, 2.45) is 0 Å². The van der Waals surface area contributed by atoms with Gasteiger partial charge in [0, 0.05) is 25.4 Å². The summed E-state index contributed by atoms with van der Waals surface area (Å²) in [6.45, 7) is 2.76. The molecule has 1 amide bonds. The lowest BCUT2D eigenvalue weighted by atomic mass is 10.1. The van der Waals surface area contributed by atoms with E-state index in [9.17, 15) is 4.79 Å². The first kappa shape index (κ1) is 15.5. The fourth-order valence-electron chi connectivity index (χ4n) is 3.07. The lowest BCUT2D eigenvalue weighted by Crippen LogP contribution is -2.41. The van der Waals surface area contributed by atoms with Gasteiger partial charge in [0.25, 0.3) is 5.91 Å². The SMILES string of the molecule is CCc1nnc2n1C[C@H](NC(=O)c1cnn(-c3ccccc3)n1)CC2. The van der Waals surface area contributed by atoms with Gasteiger partial charge in [-0.25, -0.2) is 0 Å².